The van der Waals surface area contributed by atoms with Gasteiger partial charge in [0.25, 0.3) is 5.91 Å². The fraction of sp³-hybridized carbons (Fsp3) is 0.333. The lowest BCUT2D eigenvalue weighted by Gasteiger charge is -2.24. The molecule has 1 heterocycles. The van der Waals surface area contributed by atoms with Gasteiger partial charge < -0.3 is 19.5 Å². The number of amides is 1. The van der Waals surface area contributed by atoms with E-state index >= 15 is 0 Å². The zero-order valence-electron chi connectivity index (χ0n) is 15.3. The smallest absolute Gasteiger partial charge is 0.313 e. The molecule has 1 atom stereocenters. The molecule has 0 aliphatic carbocycles. The SMILES string of the molecule is COCC1(C(=O)O)CCN(C(=O)c2ccccc2COc2ccccc2)C1. The van der Waals surface area contributed by atoms with Crippen LogP contribution in [-0.2, 0) is 16.1 Å². The zero-order valence-corrected chi connectivity index (χ0v) is 15.3. The Morgan fingerprint density at radius 3 is 2.52 bits per heavy atom. The van der Waals surface area contributed by atoms with Crippen molar-refractivity contribution in [2.24, 2.45) is 5.41 Å². The first kappa shape index (κ1) is 18.9. The van der Waals surface area contributed by atoms with Gasteiger partial charge in [0.2, 0.25) is 0 Å². The van der Waals surface area contributed by atoms with Gasteiger partial charge in [0.15, 0.2) is 0 Å². The summed E-state index contributed by atoms with van der Waals surface area (Å²) in [7, 11) is 1.48. The minimum Gasteiger partial charge on any atom is -0.489 e. The van der Waals surface area contributed by atoms with E-state index in [-0.39, 0.29) is 25.7 Å². The number of hydrogen-bond acceptors (Lipinski definition) is 4. The number of carbonyl (C=O) groups is 2. The molecule has 1 amide bonds. The van der Waals surface area contributed by atoms with Crippen LogP contribution < -0.4 is 4.74 Å². The van der Waals surface area contributed by atoms with Crippen LogP contribution in [0, 0.1) is 5.41 Å². The Morgan fingerprint density at radius 1 is 1.11 bits per heavy atom. The van der Waals surface area contributed by atoms with Crippen LogP contribution in [-0.4, -0.2) is 48.7 Å². The van der Waals surface area contributed by atoms with Crippen molar-refractivity contribution in [3.63, 3.8) is 0 Å². The second kappa shape index (κ2) is 8.22. The summed E-state index contributed by atoms with van der Waals surface area (Å²) in [5.41, 5.74) is 0.262. The van der Waals surface area contributed by atoms with Crippen molar-refractivity contribution in [3.8, 4) is 5.75 Å². The van der Waals surface area contributed by atoms with E-state index in [0.29, 0.717) is 18.5 Å². The molecule has 1 fully saturated rings. The number of rotatable bonds is 7. The molecular weight excluding hydrogens is 346 g/mol. The van der Waals surface area contributed by atoms with Gasteiger partial charge in [-0.3, -0.25) is 9.59 Å². The Kier molecular flexibility index (Phi) is 5.76. The van der Waals surface area contributed by atoms with Gasteiger partial charge in [-0.2, -0.15) is 0 Å². The molecule has 2 aromatic rings. The van der Waals surface area contributed by atoms with Gasteiger partial charge in [-0.25, -0.2) is 0 Å². The number of carbonyl (C=O) groups excluding carboxylic acids is 1. The van der Waals surface area contributed by atoms with E-state index in [1.807, 2.05) is 42.5 Å². The molecule has 0 spiro atoms. The molecule has 1 aliphatic heterocycles. The molecule has 1 saturated heterocycles. The zero-order chi connectivity index (χ0) is 19.3. The molecule has 6 heteroatoms. The first-order chi connectivity index (χ1) is 13.1. The Labute approximate surface area is 158 Å². The van der Waals surface area contributed by atoms with Crippen LogP contribution >= 0.6 is 0 Å². The minimum absolute atomic E-state index is 0.0882. The molecule has 3 rings (SSSR count). The van der Waals surface area contributed by atoms with Crippen molar-refractivity contribution in [2.45, 2.75) is 13.0 Å². The summed E-state index contributed by atoms with van der Waals surface area (Å²) in [6.45, 7) is 0.887. The molecule has 0 saturated carbocycles. The summed E-state index contributed by atoms with van der Waals surface area (Å²) in [6.07, 6.45) is 0.380. The summed E-state index contributed by atoms with van der Waals surface area (Å²) in [4.78, 5) is 26.3. The maximum atomic E-state index is 13.0. The summed E-state index contributed by atoms with van der Waals surface area (Å²) in [5, 5.41) is 9.59. The largest absolute Gasteiger partial charge is 0.489 e. The van der Waals surface area contributed by atoms with Gasteiger partial charge in [-0.1, -0.05) is 36.4 Å². The van der Waals surface area contributed by atoms with Crippen LogP contribution in [0.25, 0.3) is 0 Å². The lowest BCUT2D eigenvalue weighted by atomic mass is 9.88. The van der Waals surface area contributed by atoms with Crippen LogP contribution in [0.3, 0.4) is 0 Å². The molecular formula is C21H23NO5. The van der Waals surface area contributed by atoms with Crippen molar-refractivity contribution < 1.29 is 24.2 Å². The average molecular weight is 369 g/mol. The molecule has 0 bridgehead atoms. The molecule has 27 heavy (non-hydrogen) atoms. The van der Waals surface area contributed by atoms with Crippen molar-refractivity contribution in [2.75, 3.05) is 26.8 Å². The molecule has 6 nitrogen and oxygen atoms in total. The van der Waals surface area contributed by atoms with E-state index in [1.54, 1.807) is 17.0 Å². The van der Waals surface area contributed by atoms with E-state index < -0.39 is 11.4 Å². The van der Waals surface area contributed by atoms with Crippen LogP contribution in [0.5, 0.6) is 5.75 Å². The number of aliphatic carboxylic acids is 1. The van der Waals surface area contributed by atoms with Crippen LogP contribution in [0.15, 0.2) is 54.6 Å². The standard InChI is InChI=1S/C21H23NO5/c1-26-15-21(20(24)25)11-12-22(14-21)19(23)18-10-6-5-7-16(18)13-27-17-8-3-2-4-9-17/h2-10H,11-15H2,1H3,(H,24,25). The summed E-state index contributed by atoms with van der Waals surface area (Å²) in [5.74, 6) is -0.382. The highest BCUT2D eigenvalue weighted by Crippen LogP contribution is 2.32. The molecule has 0 aromatic heterocycles. The van der Waals surface area contributed by atoms with Gasteiger partial charge in [0, 0.05) is 31.3 Å². The number of methoxy groups -OCH3 is 1. The third-order valence-corrected chi connectivity index (χ3v) is 4.90. The number of para-hydroxylation sites is 1. The van der Waals surface area contributed by atoms with Crippen LogP contribution in [0.2, 0.25) is 0 Å². The van der Waals surface area contributed by atoms with Gasteiger partial charge in [0.1, 0.15) is 17.8 Å². The third-order valence-electron chi connectivity index (χ3n) is 4.90. The number of ether oxygens (including phenoxy) is 2. The highest BCUT2D eigenvalue weighted by atomic mass is 16.5. The number of carboxylic acid groups (broad SMARTS) is 1. The second-order valence-corrected chi connectivity index (χ2v) is 6.75. The Hall–Kier alpha value is -2.86. The van der Waals surface area contributed by atoms with Crippen molar-refractivity contribution in [1.82, 2.24) is 4.90 Å². The number of hydrogen-bond donors (Lipinski definition) is 1. The maximum Gasteiger partial charge on any atom is 0.313 e. The molecule has 1 aliphatic rings. The Balaban J connectivity index is 1.75. The molecule has 142 valence electrons. The van der Waals surface area contributed by atoms with E-state index in [9.17, 15) is 14.7 Å². The van der Waals surface area contributed by atoms with Gasteiger partial charge in [-0.05, 0) is 24.6 Å². The second-order valence-electron chi connectivity index (χ2n) is 6.75. The third kappa shape index (κ3) is 4.11. The predicted octanol–water partition coefficient (Wildman–Crippen LogP) is 2.83. The van der Waals surface area contributed by atoms with Crippen molar-refractivity contribution in [3.05, 3.63) is 65.7 Å². The van der Waals surface area contributed by atoms with E-state index in [4.69, 9.17) is 9.47 Å². The van der Waals surface area contributed by atoms with E-state index in [1.165, 1.54) is 7.11 Å². The predicted molar refractivity (Wildman–Crippen MR) is 99.7 cm³/mol. The lowest BCUT2D eigenvalue weighted by molar-refractivity contribution is -0.151. The van der Waals surface area contributed by atoms with E-state index in [0.717, 1.165) is 11.3 Å². The highest BCUT2D eigenvalue weighted by Gasteiger charge is 2.46. The van der Waals surface area contributed by atoms with Crippen LogP contribution in [0.4, 0.5) is 0 Å². The van der Waals surface area contributed by atoms with Gasteiger partial charge in [0.05, 0.1) is 6.61 Å². The Bertz CT molecular complexity index is 807. The topological polar surface area (TPSA) is 76.1 Å². The highest BCUT2D eigenvalue weighted by molar-refractivity contribution is 5.96. The van der Waals surface area contributed by atoms with Crippen LogP contribution in [0.1, 0.15) is 22.3 Å². The fourth-order valence-corrected chi connectivity index (χ4v) is 3.38. The monoisotopic (exact) mass is 369 g/mol. The number of benzene rings is 2. The Morgan fingerprint density at radius 2 is 1.81 bits per heavy atom. The first-order valence-electron chi connectivity index (χ1n) is 8.83. The quantitative estimate of drug-likeness (QED) is 0.812. The lowest BCUT2D eigenvalue weighted by Crippen LogP contribution is -2.40. The van der Waals surface area contributed by atoms with Gasteiger partial charge in [-0.15, -0.1) is 0 Å². The average Bonchev–Trinajstić information content (AvgIpc) is 3.13. The normalized spacial score (nSPS) is 19.1. The minimum atomic E-state index is -1.04. The molecule has 1 N–H and O–H groups in total. The fourth-order valence-electron chi connectivity index (χ4n) is 3.38. The van der Waals surface area contributed by atoms with Gasteiger partial charge >= 0.3 is 5.97 Å². The number of likely N-dealkylation sites (tertiary alicyclic amines) is 1. The van der Waals surface area contributed by atoms with Crippen molar-refractivity contribution >= 4 is 11.9 Å². The summed E-state index contributed by atoms with van der Waals surface area (Å²) in [6, 6.07) is 16.7. The molecule has 2 aromatic carbocycles. The number of carboxylic acids is 1. The molecule has 0 radical (unpaired) electrons. The first-order valence-corrected chi connectivity index (χ1v) is 8.83. The maximum absolute atomic E-state index is 13.0. The summed E-state index contributed by atoms with van der Waals surface area (Å²) < 4.78 is 10.9. The van der Waals surface area contributed by atoms with Crippen molar-refractivity contribution in [1.29, 1.82) is 0 Å². The van der Waals surface area contributed by atoms with E-state index in [2.05, 4.69) is 0 Å². The number of nitrogens with zero attached hydrogens (tertiary/aromatic N) is 1. The summed E-state index contributed by atoms with van der Waals surface area (Å²) >= 11 is 0. The molecule has 1 unspecified atom stereocenters.